The van der Waals surface area contributed by atoms with Crippen LogP contribution in [0.5, 0.6) is 0 Å². The summed E-state index contributed by atoms with van der Waals surface area (Å²) in [4.78, 5) is 27.8. The van der Waals surface area contributed by atoms with E-state index in [4.69, 9.17) is 9.15 Å². The van der Waals surface area contributed by atoms with Crippen LogP contribution in [-0.4, -0.2) is 35.3 Å². The van der Waals surface area contributed by atoms with E-state index in [9.17, 15) is 9.59 Å². The second-order valence-electron chi connectivity index (χ2n) is 7.92. The first-order valence-corrected chi connectivity index (χ1v) is 10.8. The van der Waals surface area contributed by atoms with Crippen molar-refractivity contribution in [1.29, 1.82) is 0 Å². The van der Waals surface area contributed by atoms with Crippen molar-refractivity contribution in [2.24, 2.45) is 5.92 Å². The van der Waals surface area contributed by atoms with Crippen molar-refractivity contribution in [2.75, 3.05) is 25.1 Å². The molecule has 166 valence electrons. The fourth-order valence-electron chi connectivity index (χ4n) is 3.51. The summed E-state index contributed by atoms with van der Waals surface area (Å²) >= 11 is 0. The highest BCUT2D eigenvalue weighted by molar-refractivity contribution is 6.00. The highest BCUT2D eigenvalue weighted by Gasteiger charge is 2.18. The molecule has 7 nitrogen and oxygen atoms in total. The van der Waals surface area contributed by atoms with Crippen molar-refractivity contribution in [1.82, 2.24) is 9.47 Å². The number of carbonyl (C=O) groups is 1. The SMILES string of the molecule is CCOCCCN(Cc1ccco1)C(=O)Nc1cn(CC(C)C)c(=O)c2ccccc12. The van der Waals surface area contributed by atoms with Gasteiger partial charge in [0.15, 0.2) is 0 Å². The first-order valence-electron chi connectivity index (χ1n) is 10.8. The summed E-state index contributed by atoms with van der Waals surface area (Å²) in [5.74, 6) is 1.01. The number of hydrogen-bond acceptors (Lipinski definition) is 4. The lowest BCUT2D eigenvalue weighted by atomic mass is 10.1. The van der Waals surface area contributed by atoms with Crippen molar-refractivity contribution >= 4 is 22.5 Å². The molecule has 0 radical (unpaired) electrons. The van der Waals surface area contributed by atoms with E-state index in [0.29, 0.717) is 55.6 Å². The van der Waals surface area contributed by atoms with Crippen LogP contribution in [-0.2, 0) is 17.8 Å². The molecular formula is C24H31N3O4. The quantitative estimate of drug-likeness (QED) is 0.477. The number of pyridine rings is 1. The number of rotatable bonds is 10. The number of nitrogens with one attached hydrogen (secondary N) is 1. The van der Waals surface area contributed by atoms with Gasteiger partial charge in [-0.05, 0) is 37.5 Å². The Labute approximate surface area is 182 Å². The Kier molecular flexibility index (Phi) is 7.89. The minimum Gasteiger partial charge on any atom is -0.467 e. The van der Waals surface area contributed by atoms with Crippen LogP contribution in [0.2, 0.25) is 0 Å². The molecule has 3 rings (SSSR count). The van der Waals surface area contributed by atoms with Gasteiger partial charge in [0.2, 0.25) is 0 Å². The molecule has 0 unspecified atom stereocenters. The number of amides is 2. The van der Waals surface area contributed by atoms with E-state index in [2.05, 4.69) is 19.2 Å². The Bertz CT molecular complexity index is 1040. The van der Waals surface area contributed by atoms with Crippen LogP contribution in [0.1, 0.15) is 33.0 Å². The number of anilines is 1. The number of ether oxygens (including phenoxy) is 1. The van der Waals surface area contributed by atoms with Gasteiger partial charge in [-0.25, -0.2) is 4.79 Å². The highest BCUT2D eigenvalue weighted by atomic mass is 16.5. The molecule has 2 aromatic heterocycles. The molecule has 2 heterocycles. The molecule has 7 heteroatoms. The molecule has 0 aliphatic heterocycles. The summed E-state index contributed by atoms with van der Waals surface area (Å²) in [5, 5.41) is 4.35. The molecule has 0 atom stereocenters. The van der Waals surface area contributed by atoms with Crippen molar-refractivity contribution in [2.45, 2.75) is 40.3 Å². The monoisotopic (exact) mass is 425 g/mol. The minimum absolute atomic E-state index is 0.0496. The molecule has 0 saturated heterocycles. The normalized spacial score (nSPS) is 11.2. The van der Waals surface area contributed by atoms with Gasteiger partial charge in [0, 0.05) is 43.3 Å². The Morgan fingerprint density at radius 3 is 2.65 bits per heavy atom. The lowest BCUT2D eigenvalue weighted by Gasteiger charge is -2.23. The smallest absolute Gasteiger partial charge is 0.322 e. The van der Waals surface area contributed by atoms with Gasteiger partial charge < -0.3 is 23.9 Å². The first kappa shape index (κ1) is 22.6. The molecule has 0 saturated carbocycles. The molecule has 0 spiro atoms. The van der Waals surface area contributed by atoms with E-state index >= 15 is 0 Å². The second-order valence-corrected chi connectivity index (χ2v) is 7.92. The number of aromatic nitrogens is 1. The number of benzene rings is 1. The van der Waals surface area contributed by atoms with Gasteiger partial charge in [0.25, 0.3) is 5.56 Å². The van der Waals surface area contributed by atoms with Crippen LogP contribution in [0, 0.1) is 5.92 Å². The number of urea groups is 1. The molecule has 2 amide bonds. The van der Waals surface area contributed by atoms with Gasteiger partial charge in [0.05, 0.1) is 18.5 Å². The van der Waals surface area contributed by atoms with Gasteiger partial charge >= 0.3 is 6.03 Å². The Morgan fingerprint density at radius 2 is 1.97 bits per heavy atom. The van der Waals surface area contributed by atoms with Crippen molar-refractivity contribution in [3.8, 4) is 0 Å². The van der Waals surface area contributed by atoms with Crippen LogP contribution in [0.15, 0.2) is 58.1 Å². The summed E-state index contributed by atoms with van der Waals surface area (Å²) in [6, 6.07) is 10.8. The van der Waals surface area contributed by atoms with E-state index in [1.807, 2.05) is 31.2 Å². The number of nitrogens with zero attached hydrogens (tertiary/aromatic N) is 2. The molecule has 1 N–H and O–H groups in total. The highest BCUT2D eigenvalue weighted by Crippen LogP contribution is 2.22. The number of hydrogen-bond donors (Lipinski definition) is 1. The third-order valence-corrected chi connectivity index (χ3v) is 4.93. The van der Waals surface area contributed by atoms with Crippen LogP contribution in [0.3, 0.4) is 0 Å². The maximum atomic E-state index is 13.2. The van der Waals surface area contributed by atoms with Crippen LogP contribution in [0.4, 0.5) is 10.5 Å². The van der Waals surface area contributed by atoms with Crippen molar-refractivity contribution < 1.29 is 13.9 Å². The lowest BCUT2D eigenvalue weighted by molar-refractivity contribution is 0.133. The molecule has 0 bridgehead atoms. The minimum atomic E-state index is -0.243. The summed E-state index contributed by atoms with van der Waals surface area (Å²) in [7, 11) is 0. The number of furan rings is 1. The van der Waals surface area contributed by atoms with Gasteiger partial charge in [-0.3, -0.25) is 4.79 Å². The third kappa shape index (κ3) is 5.98. The predicted molar refractivity (Wildman–Crippen MR) is 122 cm³/mol. The van der Waals surface area contributed by atoms with Crippen LogP contribution >= 0.6 is 0 Å². The number of fused-ring (bicyclic) bond motifs is 1. The maximum absolute atomic E-state index is 13.2. The fraction of sp³-hybridized carbons (Fsp3) is 0.417. The van der Waals surface area contributed by atoms with E-state index in [-0.39, 0.29) is 11.6 Å². The number of carbonyl (C=O) groups excluding carboxylic acids is 1. The fourth-order valence-corrected chi connectivity index (χ4v) is 3.51. The van der Waals surface area contributed by atoms with E-state index in [0.717, 1.165) is 11.8 Å². The molecule has 1 aromatic carbocycles. The van der Waals surface area contributed by atoms with Gasteiger partial charge in [-0.15, -0.1) is 0 Å². The standard InChI is InChI=1S/C24H31N3O4/c1-4-30-13-8-12-26(16-19-9-7-14-31-19)24(29)25-22-17-27(15-18(2)3)23(28)21-11-6-5-10-20(21)22/h5-7,9-11,14,17-18H,4,8,12-13,15-16H2,1-3H3,(H,25,29). The average Bonchev–Trinajstić information content (AvgIpc) is 3.26. The average molecular weight is 426 g/mol. The predicted octanol–water partition coefficient (Wildman–Crippen LogP) is 4.71. The summed E-state index contributed by atoms with van der Waals surface area (Å²) in [6.45, 7) is 8.76. The van der Waals surface area contributed by atoms with E-state index < -0.39 is 0 Å². The molecule has 0 aliphatic rings. The zero-order chi connectivity index (χ0) is 22.2. The van der Waals surface area contributed by atoms with Crippen LogP contribution < -0.4 is 10.9 Å². The molecular weight excluding hydrogens is 394 g/mol. The van der Waals surface area contributed by atoms with Crippen molar-refractivity contribution in [3.05, 3.63) is 65.0 Å². The topological polar surface area (TPSA) is 76.7 Å². The Hall–Kier alpha value is -3.06. The molecule has 0 fully saturated rings. The Balaban J connectivity index is 1.87. The Morgan fingerprint density at radius 1 is 1.19 bits per heavy atom. The molecule has 0 aliphatic carbocycles. The largest absolute Gasteiger partial charge is 0.467 e. The summed E-state index contributed by atoms with van der Waals surface area (Å²) in [5.41, 5.74) is 0.571. The lowest BCUT2D eigenvalue weighted by Crippen LogP contribution is -2.36. The third-order valence-electron chi connectivity index (χ3n) is 4.93. The van der Waals surface area contributed by atoms with Gasteiger partial charge in [0.1, 0.15) is 5.76 Å². The maximum Gasteiger partial charge on any atom is 0.322 e. The first-order chi connectivity index (χ1) is 15.0. The molecule has 3 aromatic rings. The van der Waals surface area contributed by atoms with E-state index in [1.54, 1.807) is 34.1 Å². The van der Waals surface area contributed by atoms with Crippen LogP contribution in [0.25, 0.3) is 10.8 Å². The van der Waals surface area contributed by atoms with Gasteiger partial charge in [-0.2, -0.15) is 0 Å². The second kappa shape index (κ2) is 10.8. The zero-order valence-corrected chi connectivity index (χ0v) is 18.5. The summed E-state index contributed by atoms with van der Waals surface area (Å²) in [6.07, 6.45) is 4.06. The van der Waals surface area contributed by atoms with Gasteiger partial charge in [-0.1, -0.05) is 32.0 Å². The zero-order valence-electron chi connectivity index (χ0n) is 18.5. The van der Waals surface area contributed by atoms with E-state index in [1.165, 1.54) is 0 Å². The summed E-state index contributed by atoms with van der Waals surface area (Å²) < 4.78 is 12.5. The van der Waals surface area contributed by atoms with Crippen molar-refractivity contribution in [3.63, 3.8) is 0 Å². The molecule has 31 heavy (non-hydrogen) atoms.